The average molecular weight is 208 g/mol. The Balaban J connectivity index is 5.24. The lowest BCUT2D eigenvalue weighted by molar-refractivity contribution is 1.38. The van der Waals surface area contributed by atoms with E-state index in [-0.39, 0.29) is 11.4 Å². The van der Waals surface area contributed by atoms with Gasteiger partial charge in [-0.1, -0.05) is 12.2 Å². The van der Waals surface area contributed by atoms with Crippen molar-refractivity contribution in [2.45, 2.75) is 13.8 Å². The molecule has 0 aromatic heterocycles. The van der Waals surface area contributed by atoms with E-state index < -0.39 is 0 Å². The Morgan fingerprint density at radius 2 is 1.25 bits per heavy atom. The van der Waals surface area contributed by atoms with Crippen LogP contribution in [-0.4, -0.2) is 0 Å². The highest BCUT2D eigenvalue weighted by Crippen LogP contribution is 2.10. The molecule has 0 radical (unpaired) electrons. The number of nitriles is 2. The summed E-state index contributed by atoms with van der Waals surface area (Å²) in [6.45, 7) is 16.7. The lowest BCUT2D eigenvalue weighted by atomic mass is 10.1. The van der Waals surface area contributed by atoms with Crippen LogP contribution in [0.5, 0.6) is 0 Å². The van der Waals surface area contributed by atoms with Gasteiger partial charge in [-0.05, 0) is 25.0 Å². The van der Waals surface area contributed by atoms with E-state index in [1.807, 2.05) is 0 Å². The minimum absolute atomic E-state index is 0.00497. The highest BCUT2D eigenvalue weighted by atomic mass is 14.7. The molecule has 16 heavy (non-hydrogen) atoms. The summed E-state index contributed by atoms with van der Waals surface area (Å²) in [6.07, 6.45) is 3.10. The van der Waals surface area contributed by atoms with Crippen LogP contribution in [0, 0.1) is 35.8 Å². The molecule has 76 valence electrons. The Morgan fingerprint density at radius 1 is 0.938 bits per heavy atom. The van der Waals surface area contributed by atoms with E-state index in [1.54, 1.807) is 38.1 Å². The minimum Gasteiger partial charge on any atom is -0.226 e. The molecule has 0 rings (SSSR count). The maximum absolute atomic E-state index is 8.59. The standard InChI is InChI=1S/C12H8N4/c1-9(11(7-13)15-3)5-6-10(2)12(8-14)16-4/h5-6H,1-2H3/b6-5-,11-9+,12-10+. The maximum Gasteiger partial charge on any atom is 0.264 e. The Labute approximate surface area is 94.7 Å². The van der Waals surface area contributed by atoms with Gasteiger partial charge in [0, 0.05) is 0 Å². The quantitative estimate of drug-likeness (QED) is 0.398. The van der Waals surface area contributed by atoms with Crippen LogP contribution in [-0.2, 0) is 0 Å². The van der Waals surface area contributed by atoms with Crippen molar-refractivity contribution in [1.29, 1.82) is 10.5 Å². The normalized spacial score (nSPS) is 12.6. The Morgan fingerprint density at radius 3 is 1.44 bits per heavy atom. The zero-order valence-corrected chi connectivity index (χ0v) is 8.94. The predicted molar refractivity (Wildman–Crippen MR) is 59.0 cm³/mol. The van der Waals surface area contributed by atoms with Gasteiger partial charge >= 0.3 is 0 Å². The van der Waals surface area contributed by atoms with E-state index in [0.29, 0.717) is 11.1 Å². The third-order valence-electron chi connectivity index (χ3n) is 1.77. The number of allylic oxidation sites excluding steroid dienone is 6. The summed E-state index contributed by atoms with van der Waals surface area (Å²) < 4.78 is 0. The number of nitrogens with zero attached hydrogens (tertiary/aromatic N) is 4. The van der Waals surface area contributed by atoms with Gasteiger partial charge in [0.05, 0.1) is 25.3 Å². The second-order valence-corrected chi connectivity index (χ2v) is 2.84. The fourth-order valence-corrected chi connectivity index (χ4v) is 0.811. The Kier molecular flexibility index (Phi) is 5.44. The largest absolute Gasteiger partial charge is 0.264 e. The molecular weight excluding hydrogens is 200 g/mol. The van der Waals surface area contributed by atoms with Gasteiger partial charge in [0.15, 0.2) is 0 Å². The van der Waals surface area contributed by atoms with Gasteiger partial charge in [-0.2, -0.15) is 0 Å². The molecule has 0 saturated carbocycles. The van der Waals surface area contributed by atoms with Crippen LogP contribution in [0.3, 0.4) is 0 Å². The van der Waals surface area contributed by atoms with Crippen molar-refractivity contribution in [3.8, 4) is 12.1 Å². The topological polar surface area (TPSA) is 56.3 Å². The molecule has 0 fully saturated rings. The summed E-state index contributed by atoms with van der Waals surface area (Å²) in [4.78, 5) is 6.09. The van der Waals surface area contributed by atoms with E-state index in [4.69, 9.17) is 23.7 Å². The van der Waals surface area contributed by atoms with Crippen LogP contribution in [0.2, 0.25) is 0 Å². The molecule has 0 aliphatic carbocycles. The monoisotopic (exact) mass is 208 g/mol. The van der Waals surface area contributed by atoms with Gasteiger partial charge < -0.3 is 0 Å². The fraction of sp³-hybridized carbons (Fsp3) is 0.167. The fourth-order valence-electron chi connectivity index (χ4n) is 0.811. The van der Waals surface area contributed by atoms with Gasteiger partial charge in [-0.3, -0.25) is 0 Å². The lowest BCUT2D eigenvalue weighted by Gasteiger charge is -1.93. The average Bonchev–Trinajstić information content (AvgIpc) is 2.29. The van der Waals surface area contributed by atoms with Crippen molar-refractivity contribution < 1.29 is 0 Å². The van der Waals surface area contributed by atoms with Crippen LogP contribution < -0.4 is 0 Å². The van der Waals surface area contributed by atoms with Gasteiger partial charge in [0.25, 0.3) is 11.4 Å². The molecule has 0 saturated heterocycles. The van der Waals surface area contributed by atoms with Gasteiger partial charge in [-0.15, -0.1) is 0 Å². The first-order chi connectivity index (χ1) is 7.60. The number of rotatable bonds is 2. The van der Waals surface area contributed by atoms with Crippen molar-refractivity contribution in [1.82, 2.24) is 0 Å². The van der Waals surface area contributed by atoms with E-state index >= 15 is 0 Å². The molecule has 0 aromatic rings. The molecule has 0 aliphatic rings. The molecule has 0 amide bonds. The highest BCUT2D eigenvalue weighted by molar-refractivity contribution is 5.43. The van der Waals surface area contributed by atoms with Crippen LogP contribution in [0.4, 0.5) is 0 Å². The molecular formula is C12H8N4. The summed E-state index contributed by atoms with van der Waals surface area (Å²) in [7, 11) is 0. The van der Waals surface area contributed by atoms with E-state index in [0.717, 1.165) is 0 Å². The van der Waals surface area contributed by atoms with Crippen LogP contribution >= 0.6 is 0 Å². The van der Waals surface area contributed by atoms with E-state index in [9.17, 15) is 0 Å². The van der Waals surface area contributed by atoms with Gasteiger partial charge in [0.2, 0.25) is 0 Å². The third-order valence-corrected chi connectivity index (χ3v) is 1.77. The first-order valence-corrected chi connectivity index (χ1v) is 4.25. The summed E-state index contributed by atoms with van der Waals surface area (Å²) in [5.41, 5.74) is 1.04. The molecule has 0 heterocycles. The zero-order chi connectivity index (χ0) is 12.6. The van der Waals surface area contributed by atoms with Crippen molar-refractivity contribution in [2.75, 3.05) is 0 Å². The van der Waals surface area contributed by atoms with Crippen LogP contribution in [0.1, 0.15) is 13.8 Å². The maximum atomic E-state index is 8.59. The SMILES string of the molecule is [C-]#[N+]/C(C#N)=C(C)/C=C\C(C)=C(/C#N)[N+]#[C-]. The lowest BCUT2D eigenvalue weighted by Crippen LogP contribution is -1.79. The minimum atomic E-state index is 0.00497. The molecule has 0 aromatic carbocycles. The second kappa shape index (κ2) is 6.61. The summed E-state index contributed by atoms with van der Waals surface area (Å²) >= 11 is 0. The smallest absolute Gasteiger partial charge is 0.226 e. The van der Waals surface area contributed by atoms with Crippen molar-refractivity contribution in [3.05, 3.63) is 57.5 Å². The molecule has 4 nitrogen and oxygen atoms in total. The molecule has 0 aliphatic heterocycles. The Hall–Kier alpha value is -2.82. The molecule has 0 bridgehead atoms. The zero-order valence-electron chi connectivity index (χ0n) is 8.94. The third kappa shape index (κ3) is 3.51. The highest BCUT2D eigenvalue weighted by Gasteiger charge is 1.99. The first kappa shape index (κ1) is 13.2. The molecule has 0 unspecified atom stereocenters. The van der Waals surface area contributed by atoms with Gasteiger partial charge in [0.1, 0.15) is 0 Å². The molecule has 0 atom stereocenters. The Bertz CT molecular complexity index is 452. The van der Waals surface area contributed by atoms with E-state index in [1.165, 1.54) is 0 Å². The van der Waals surface area contributed by atoms with Crippen molar-refractivity contribution in [3.63, 3.8) is 0 Å². The van der Waals surface area contributed by atoms with Crippen LogP contribution in [0.25, 0.3) is 9.69 Å². The molecule has 4 heteroatoms. The van der Waals surface area contributed by atoms with Crippen molar-refractivity contribution in [2.24, 2.45) is 0 Å². The van der Waals surface area contributed by atoms with E-state index in [2.05, 4.69) is 9.69 Å². The summed E-state index contributed by atoms with van der Waals surface area (Å²) in [5.74, 6) is 0. The van der Waals surface area contributed by atoms with Crippen molar-refractivity contribution >= 4 is 0 Å². The number of hydrogen-bond donors (Lipinski definition) is 0. The molecule has 0 spiro atoms. The van der Waals surface area contributed by atoms with Crippen LogP contribution in [0.15, 0.2) is 34.7 Å². The second-order valence-electron chi connectivity index (χ2n) is 2.84. The predicted octanol–water partition coefficient (Wildman–Crippen LogP) is 2.98. The van der Waals surface area contributed by atoms with Gasteiger partial charge in [-0.25, -0.2) is 20.2 Å². The first-order valence-electron chi connectivity index (χ1n) is 4.25. The number of hydrogen-bond acceptors (Lipinski definition) is 2. The summed E-state index contributed by atoms with van der Waals surface area (Å²) in [5, 5.41) is 17.2. The summed E-state index contributed by atoms with van der Waals surface area (Å²) in [6, 6.07) is 3.53. The molecule has 0 N–H and O–H groups in total.